The van der Waals surface area contributed by atoms with Crippen molar-refractivity contribution < 1.29 is 9.53 Å². The average molecular weight is 171 g/mol. The van der Waals surface area contributed by atoms with E-state index >= 15 is 0 Å². The second kappa shape index (κ2) is 3.49. The van der Waals surface area contributed by atoms with Crippen LogP contribution in [-0.4, -0.2) is 23.7 Å². The van der Waals surface area contributed by atoms with Gasteiger partial charge in [0, 0.05) is 18.2 Å². The predicted octanol–water partition coefficient (Wildman–Crippen LogP) is 1.36. The fourth-order valence-corrected chi connectivity index (χ4v) is 1.02. The van der Waals surface area contributed by atoms with Crippen LogP contribution in [0.3, 0.4) is 0 Å². The van der Waals surface area contributed by atoms with Gasteiger partial charge in [-0.25, -0.2) is 0 Å². The number of methoxy groups -OCH3 is 1. The molecule has 1 aliphatic rings. The lowest BCUT2D eigenvalue weighted by molar-refractivity contribution is -0.0184. The highest BCUT2D eigenvalue weighted by Crippen LogP contribution is 2.12. The van der Waals surface area contributed by atoms with Crippen LogP contribution in [0.15, 0.2) is 23.3 Å². The standard InChI is InChI=1S/C7H7ClN2O/c1-11-7-3-2-5(8)4-6(7)10-9/h2-4,7H,1H3. The minimum absolute atomic E-state index is 0.289. The Morgan fingerprint density at radius 3 is 3.00 bits per heavy atom. The van der Waals surface area contributed by atoms with E-state index in [-0.39, 0.29) is 6.10 Å². The van der Waals surface area contributed by atoms with Crippen LogP contribution in [0, 0.1) is 0 Å². The molecule has 0 fully saturated rings. The lowest BCUT2D eigenvalue weighted by Gasteiger charge is -2.06. The maximum absolute atomic E-state index is 8.48. The normalized spacial score (nSPS) is 22.9. The molecule has 58 valence electrons. The van der Waals surface area contributed by atoms with Crippen molar-refractivity contribution in [3.63, 3.8) is 0 Å². The molecule has 0 radical (unpaired) electrons. The van der Waals surface area contributed by atoms with Crippen LogP contribution in [0.1, 0.15) is 0 Å². The van der Waals surface area contributed by atoms with Gasteiger partial charge in [-0.2, -0.15) is 4.79 Å². The van der Waals surface area contributed by atoms with Crippen molar-refractivity contribution in [1.29, 1.82) is 0 Å². The smallest absolute Gasteiger partial charge is 0.325 e. The van der Waals surface area contributed by atoms with Gasteiger partial charge in [-0.05, 0) is 12.2 Å². The molecule has 3 nitrogen and oxygen atoms in total. The topological polar surface area (TPSA) is 45.6 Å². The monoisotopic (exact) mass is 170 g/mol. The van der Waals surface area contributed by atoms with E-state index in [9.17, 15) is 0 Å². The van der Waals surface area contributed by atoms with E-state index in [1.54, 1.807) is 18.2 Å². The third-order valence-corrected chi connectivity index (χ3v) is 1.61. The van der Waals surface area contributed by atoms with E-state index in [4.69, 9.17) is 21.9 Å². The number of hydrogen-bond donors (Lipinski definition) is 0. The largest absolute Gasteiger partial charge is 0.365 e. The molecule has 1 aliphatic carbocycles. The van der Waals surface area contributed by atoms with E-state index in [1.165, 1.54) is 7.11 Å². The van der Waals surface area contributed by atoms with Gasteiger partial charge in [0.2, 0.25) is 0 Å². The SMILES string of the molecule is COC1C=CC(Cl)=CC1=[N+]=[N-]. The molecule has 0 amide bonds. The molecule has 0 aromatic heterocycles. The number of nitrogens with zero attached hydrogens (tertiary/aromatic N) is 2. The Morgan fingerprint density at radius 1 is 1.73 bits per heavy atom. The Kier molecular flexibility index (Phi) is 2.60. The predicted molar refractivity (Wildman–Crippen MR) is 42.5 cm³/mol. The van der Waals surface area contributed by atoms with Crippen LogP contribution in [0.5, 0.6) is 0 Å². The van der Waals surface area contributed by atoms with Crippen LogP contribution in [0.25, 0.3) is 5.53 Å². The zero-order chi connectivity index (χ0) is 8.27. The quantitative estimate of drug-likeness (QED) is 0.433. The molecule has 0 bridgehead atoms. The summed E-state index contributed by atoms with van der Waals surface area (Å²) in [5, 5.41) is 0.533. The van der Waals surface area contributed by atoms with Gasteiger partial charge in [0.05, 0.1) is 0 Å². The molecule has 0 saturated heterocycles. The van der Waals surface area contributed by atoms with E-state index in [1.807, 2.05) is 0 Å². The lowest BCUT2D eigenvalue weighted by Crippen LogP contribution is -2.21. The van der Waals surface area contributed by atoms with Gasteiger partial charge in [-0.15, -0.1) is 0 Å². The molecule has 0 aliphatic heterocycles. The highest BCUT2D eigenvalue weighted by atomic mass is 35.5. The average Bonchev–Trinajstić information content (AvgIpc) is 2.04. The second-order valence-electron chi connectivity index (χ2n) is 2.07. The molecule has 1 rings (SSSR count). The summed E-state index contributed by atoms with van der Waals surface area (Å²) in [5.41, 5.74) is 8.90. The van der Waals surface area contributed by atoms with Gasteiger partial charge < -0.3 is 10.3 Å². The second-order valence-corrected chi connectivity index (χ2v) is 2.51. The number of halogens is 1. The molecule has 0 heterocycles. The minimum Gasteiger partial charge on any atom is -0.365 e. The van der Waals surface area contributed by atoms with Gasteiger partial charge in [0.15, 0.2) is 6.10 Å². The summed E-state index contributed by atoms with van der Waals surface area (Å²) >= 11 is 5.64. The van der Waals surface area contributed by atoms with Crippen molar-refractivity contribution in [2.75, 3.05) is 7.11 Å². The van der Waals surface area contributed by atoms with Gasteiger partial charge >= 0.3 is 5.71 Å². The lowest BCUT2D eigenvalue weighted by atomic mass is 10.1. The summed E-state index contributed by atoms with van der Waals surface area (Å²) in [6, 6.07) is 0. The summed E-state index contributed by atoms with van der Waals surface area (Å²) in [6.07, 6.45) is 4.68. The summed E-state index contributed by atoms with van der Waals surface area (Å²) in [7, 11) is 1.53. The third kappa shape index (κ3) is 1.77. The molecular formula is C7H7ClN2O. The third-order valence-electron chi connectivity index (χ3n) is 1.38. The van der Waals surface area contributed by atoms with E-state index in [0.717, 1.165) is 0 Å². The van der Waals surface area contributed by atoms with Crippen molar-refractivity contribution in [2.24, 2.45) is 0 Å². The number of hydrogen-bond acceptors (Lipinski definition) is 1. The molecular weight excluding hydrogens is 164 g/mol. The fraction of sp³-hybridized carbons (Fsp3) is 0.286. The maximum atomic E-state index is 8.48. The molecule has 11 heavy (non-hydrogen) atoms. The fourth-order valence-electron chi connectivity index (χ4n) is 0.835. The summed E-state index contributed by atoms with van der Waals surface area (Å²) in [6.45, 7) is 0. The first-order valence-electron chi connectivity index (χ1n) is 3.08. The van der Waals surface area contributed by atoms with E-state index in [0.29, 0.717) is 10.7 Å². The summed E-state index contributed by atoms with van der Waals surface area (Å²) in [4.78, 5) is 3.03. The molecule has 1 atom stereocenters. The van der Waals surface area contributed by atoms with Crippen LogP contribution >= 0.6 is 11.6 Å². The Morgan fingerprint density at radius 2 is 2.45 bits per heavy atom. The Balaban J connectivity index is 2.93. The highest BCUT2D eigenvalue weighted by Gasteiger charge is 2.21. The Hall–Kier alpha value is -0.890. The Labute approximate surface area is 69.5 Å². The molecule has 0 aromatic carbocycles. The van der Waals surface area contributed by atoms with Crippen LogP contribution in [0.4, 0.5) is 0 Å². The maximum Gasteiger partial charge on any atom is 0.325 e. The molecule has 0 N–H and O–H groups in total. The first-order chi connectivity index (χ1) is 5.27. The number of rotatable bonds is 1. The van der Waals surface area contributed by atoms with Crippen molar-refractivity contribution in [1.82, 2.24) is 0 Å². The van der Waals surface area contributed by atoms with Gasteiger partial charge in [-0.3, -0.25) is 0 Å². The van der Waals surface area contributed by atoms with E-state index in [2.05, 4.69) is 4.79 Å². The van der Waals surface area contributed by atoms with Gasteiger partial charge in [-0.1, -0.05) is 11.6 Å². The Bertz CT molecular complexity index is 264. The number of ether oxygens (including phenoxy) is 1. The molecule has 0 spiro atoms. The molecule has 0 saturated carbocycles. The van der Waals surface area contributed by atoms with Crippen molar-refractivity contribution in [3.05, 3.63) is 28.8 Å². The molecule has 1 unspecified atom stereocenters. The zero-order valence-electron chi connectivity index (χ0n) is 5.99. The van der Waals surface area contributed by atoms with Gasteiger partial charge in [0.25, 0.3) is 0 Å². The first kappa shape index (κ1) is 8.21. The molecule has 0 aromatic rings. The minimum atomic E-state index is -0.289. The van der Waals surface area contributed by atoms with Gasteiger partial charge in [0.1, 0.15) is 0 Å². The summed E-state index contributed by atoms with van der Waals surface area (Å²) in [5.74, 6) is 0. The van der Waals surface area contributed by atoms with Crippen molar-refractivity contribution in [3.8, 4) is 0 Å². The molecule has 4 heteroatoms. The van der Waals surface area contributed by atoms with Crippen LogP contribution in [-0.2, 0) is 4.74 Å². The van der Waals surface area contributed by atoms with Crippen LogP contribution in [0.2, 0.25) is 0 Å². The van der Waals surface area contributed by atoms with Crippen molar-refractivity contribution in [2.45, 2.75) is 6.10 Å². The van der Waals surface area contributed by atoms with Crippen LogP contribution < -0.4 is 0 Å². The van der Waals surface area contributed by atoms with E-state index < -0.39 is 0 Å². The first-order valence-corrected chi connectivity index (χ1v) is 3.46. The van der Waals surface area contributed by atoms with Crippen molar-refractivity contribution >= 4 is 17.3 Å². The number of allylic oxidation sites excluding steroid dienone is 2. The highest BCUT2D eigenvalue weighted by molar-refractivity contribution is 6.33. The zero-order valence-corrected chi connectivity index (χ0v) is 6.75. The summed E-state index contributed by atoms with van der Waals surface area (Å²) < 4.78 is 4.96.